The molecule has 13 atom stereocenters. The van der Waals surface area contributed by atoms with Crippen LogP contribution in [0.3, 0.4) is 0 Å². The van der Waals surface area contributed by atoms with Crippen molar-refractivity contribution >= 4 is 18.1 Å². The molecule has 13 unspecified atom stereocenters. The molecule has 1 aromatic carbocycles. The molecular weight excluding hydrogens is 547 g/mol. The average Bonchev–Trinajstić information content (AvgIpc) is 3.34. The Morgan fingerprint density at radius 3 is 2.16 bits per heavy atom. The van der Waals surface area contributed by atoms with E-state index in [2.05, 4.69) is 9.80 Å². The van der Waals surface area contributed by atoms with E-state index in [9.17, 15) is 0 Å². The molecule has 11 aliphatic rings. The van der Waals surface area contributed by atoms with Crippen LogP contribution in [0.5, 0.6) is 0 Å². The lowest BCUT2D eigenvalue weighted by Gasteiger charge is -2.68. The van der Waals surface area contributed by atoms with Crippen LogP contribution in [0.15, 0.2) is 23.2 Å². The van der Waals surface area contributed by atoms with E-state index in [1.54, 1.807) is 18.2 Å². The smallest absolute Gasteiger partial charge is 0.198 e. The second kappa shape index (κ2) is 9.49. The Morgan fingerprint density at radius 2 is 1.36 bits per heavy atom. The lowest BCUT2D eigenvalue weighted by molar-refractivity contribution is -0.0653. The van der Waals surface area contributed by atoms with Crippen LogP contribution in [0.25, 0.3) is 0 Å². The Balaban J connectivity index is 1.09. The molecule has 10 fully saturated rings. The van der Waals surface area contributed by atoms with Gasteiger partial charge in [0.25, 0.3) is 0 Å². The Labute approximate surface area is 263 Å². The van der Waals surface area contributed by atoms with Crippen molar-refractivity contribution in [2.24, 2.45) is 52.3 Å². The van der Waals surface area contributed by atoms with Gasteiger partial charge in [0.05, 0.1) is 12.1 Å². The van der Waals surface area contributed by atoms with Crippen LogP contribution >= 0.6 is 0 Å². The third-order valence-electron chi connectivity index (χ3n) is 16.4. The molecule has 2 saturated heterocycles. The molecule has 0 spiro atoms. The molecule has 8 saturated carbocycles. The zero-order chi connectivity index (χ0) is 28.8. The van der Waals surface area contributed by atoms with E-state index in [1.165, 1.54) is 102 Å². The van der Waals surface area contributed by atoms with Gasteiger partial charge in [-0.25, -0.2) is 13.8 Å². The van der Waals surface area contributed by atoms with Crippen LogP contribution in [0.4, 0.5) is 8.78 Å². The van der Waals surface area contributed by atoms with Gasteiger partial charge >= 0.3 is 0 Å². The number of nitrogens with zero attached hydrogens (tertiary/aromatic N) is 3. The molecule has 0 N–H and O–H groups in total. The number of halogens is 2. The molecule has 3 aliphatic heterocycles. The van der Waals surface area contributed by atoms with Crippen LogP contribution in [0.1, 0.15) is 103 Å². The molecule has 0 aromatic heterocycles. The zero-order valence-corrected chi connectivity index (χ0v) is 26.4. The standard InChI is InChI=1S/C38H50BF2N3/c40-29-6-4-7-30(41)36(29)39-27-12-11-22-5-3-10-33-35(22)37(27)44(38-42-31-8-1-2-9-32(31)43(33)38)34-19-26-24-16-20-13-21(17-24)15-23(14-20)25(26)18-28(34)39/h4,6-7,20-28,31-35,37H,1-3,5,8-19H2. The zero-order valence-electron chi connectivity index (χ0n) is 26.4. The Bertz CT molecular complexity index is 1350. The minimum atomic E-state index is -0.269. The minimum Gasteiger partial charge on any atom is -0.337 e. The maximum Gasteiger partial charge on any atom is 0.198 e. The summed E-state index contributed by atoms with van der Waals surface area (Å²) in [7, 11) is 0. The van der Waals surface area contributed by atoms with E-state index in [0.29, 0.717) is 53.2 Å². The summed E-state index contributed by atoms with van der Waals surface area (Å²) in [6, 6.07) is 7.20. The average molecular weight is 598 g/mol. The fourth-order valence-corrected chi connectivity index (χ4v) is 15.4. The molecule has 3 nitrogen and oxygen atoms in total. The fourth-order valence-electron chi connectivity index (χ4n) is 15.4. The van der Waals surface area contributed by atoms with Gasteiger partial charge in [0.15, 0.2) is 12.7 Å². The van der Waals surface area contributed by atoms with Crippen molar-refractivity contribution in [3.63, 3.8) is 0 Å². The summed E-state index contributed by atoms with van der Waals surface area (Å²) < 4.78 is 32.1. The molecule has 0 radical (unpaired) electrons. The first-order valence-electron chi connectivity index (χ1n) is 19.2. The van der Waals surface area contributed by atoms with Gasteiger partial charge in [-0.05, 0) is 135 Å². The van der Waals surface area contributed by atoms with Gasteiger partial charge in [-0.2, -0.15) is 0 Å². The van der Waals surface area contributed by atoms with Crippen LogP contribution in [-0.2, 0) is 0 Å². The summed E-state index contributed by atoms with van der Waals surface area (Å²) in [5.74, 6) is 8.12. The second-order valence-electron chi connectivity index (χ2n) is 17.9. The van der Waals surface area contributed by atoms with Crippen LogP contribution in [-0.4, -0.2) is 52.7 Å². The van der Waals surface area contributed by atoms with Gasteiger partial charge in [-0.3, -0.25) is 0 Å². The predicted molar refractivity (Wildman–Crippen MR) is 171 cm³/mol. The van der Waals surface area contributed by atoms with Gasteiger partial charge in [0, 0.05) is 24.0 Å². The van der Waals surface area contributed by atoms with Crippen molar-refractivity contribution in [2.75, 3.05) is 0 Å². The van der Waals surface area contributed by atoms with Gasteiger partial charge in [0.1, 0.15) is 11.6 Å². The first-order chi connectivity index (χ1) is 21.6. The lowest BCUT2D eigenvalue weighted by atomic mass is 9.22. The number of fused-ring (bicyclic) bond motifs is 7. The first-order valence-corrected chi connectivity index (χ1v) is 19.2. The molecule has 1 aromatic rings. The number of benzene rings is 1. The lowest BCUT2D eigenvalue weighted by Crippen LogP contribution is -2.77. The second-order valence-corrected chi connectivity index (χ2v) is 17.9. The Kier molecular flexibility index (Phi) is 5.71. The molecule has 44 heavy (non-hydrogen) atoms. The van der Waals surface area contributed by atoms with Crippen molar-refractivity contribution in [1.29, 1.82) is 0 Å². The first kappa shape index (κ1) is 26.5. The summed E-state index contributed by atoms with van der Waals surface area (Å²) in [6.07, 6.45) is 21.4. The van der Waals surface area contributed by atoms with Crippen molar-refractivity contribution in [3.8, 4) is 0 Å². The number of aliphatic imine (C=N–C) groups is 1. The largest absolute Gasteiger partial charge is 0.337 e. The Morgan fingerprint density at radius 1 is 0.636 bits per heavy atom. The number of hydrogen-bond acceptors (Lipinski definition) is 3. The summed E-state index contributed by atoms with van der Waals surface area (Å²) in [6.45, 7) is 0.0143. The van der Waals surface area contributed by atoms with Crippen molar-refractivity contribution in [2.45, 2.75) is 145 Å². The van der Waals surface area contributed by atoms with Crippen LogP contribution < -0.4 is 5.46 Å². The monoisotopic (exact) mass is 597 g/mol. The molecule has 8 aliphatic carbocycles. The highest BCUT2D eigenvalue weighted by Crippen LogP contribution is 2.65. The highest BCUT2D eigenvalue weighted by Gasteiger charge is 2.67. The van der Waals surface area contributed by atoms with Gasteiger partial charge in [-0.15, -0.1) is 0 Å². The SMILES string of the molecule is Fc1cccc(F)c1B1C2CC3C4CC5CC(C4)CC(C5)C3CC2N2C3=NC4CCCCC4N3C3CCCC4CCC1C2C43. The molecule has 12 rings (SSSR count). The predicted octanol–water partition coefficient (Wildman–Crippen LogP) is 7.52. The summed E-state index contributed by atoms with van der Waals surface area (Å²) >= 11 is 0. The van der Waals surface area contributed by atoms with E-state index in [0.717, 1.165) is 47.8 Å². The van der Waals surface area contributed by atoms with Gasteiger partial charge in [0.2, 0.25) is 0 Å². The normalized spacial score (nSPS) is 51.1. The number of guanidine groups is 1. The molecular formula is C38H50BF2N3. The molecule has 6 heteroatoms. The van der Waals surface area contributed by atoms with Crippen molar-refractivity contribution in [3.05, 3.63) is 29.8 Å². The van der Waals surface area contributed by atoms with E-state index in [1.807, 2.05) is 0 Å². The van der Waals surface area contributed by atoms with Gasteiger partial charge in [-0.1, -0.05) is 44.6 Å². The third kappa shape index (κ3) is 3.48. The maximum absolute atomic E-state index is 16.1. The van der Waals surface area contributed by atoms with E-state index < -0.39 is 0 Å². The molecule has 234 valence electrons. The molecule has 3 heterocycles. The van der Waals surface area contributed by atoms with Crippen LogP contribution in [0.2, 0.25) is 11.6 Å². The van der Waals surface area contributed by atoms with Crippen molar-refractivity contribution in [1.82, 2.24) is 9.80 Å². The maximum atomic E-state index is 16.1. The topological polar surface area (TPSA) is 18.8 Å². The van der Waals surface area contributed by atoms with Crippen molar-refractivity contribution < 1.29 is 8.78 Å². The van der Waals surface area contributed by atoms with E-state index >= 15 is 8.78 Å². The van der Waals surface area contributed by atoms with E-state index in [-0.39, 0.29) is 18.3 Å². The highest BCUT2D eigenvalue weighted by atomic mass is 19.1. The quantitative estimate of drug-likeness (QED) is 0.312. The highest BCUT2D eigenvalue weighted by molar-refractivity contribution is 6.76. The molecule has 0 amide bonds. The number of rotatable bonds is 1. The summed E-state index contributed by atoms with van der Waals surface area (Å²) in [5, 5.41) is 0. The molecule has 4 bridgehead atoms. The van der Waals surface area contributed by atoms with Gasteiger partial charge < -0.3 is 9.80 Å². The summed E-state index contributed by atoms with van der Waals surface area (Å²) in [5.41, 5.74) is 0.473. The third-order valence-corrected chi connectivity index (χ3v) is 16.4. The Hall–Kier alpha value is -1.59. The van der Waals surface area contributed by atoms with Crippen LogP contribution in [0, 0.1) is 59.0 Å². The fraction of sp³-hybridized carbons (Fsp3) is 0.816. The number of hydrogen-bond donors (Lipinski definition) is 0. The minimum absolute atomic E-state index is 0.0143. The summed E-state index contributed by atoms with van der Waals surface area (Å²) in [4.78, 5) is 11.7. The van der Waals surface area contributed by atoms with E-state index in [4.69, 9.17) is 4.99 Å².